The van der Waals surface area contributed by atoms with E-state index in [9.17, 15) is 18.0 Å². The van der Waals surface area contributed by atoms with Crippen molar-refractivity contribution in [1.29, 1.82) is 0 Å². The summed E-state index contributed by atoms with van der Waals surface area (Å²) in [4.78, 5) is 24.1. The van der Waals surface area contributed by atoms with Gasteiger partial charge in [-0.3, -0.25) is 10.3 Å². The van der Waals surface area contributed by atoms with Gasteiger partial charge in [0.1, 0.15) is 4.88 Å². The zero-order valence-corrected chi connectivity index (χ0v) is 15.9. The lowest BCUT2D eigenvalue weighted by atomic mass is 10.2. The van der Waals surface area contributed by atoms with Gasteiger partial charge < -0.3 is 9.88 Å². The van der Waals surface area contributed by atoms with E-state index in [1.165, 1.54) is 15.9 Å². The van der Waals surface area contributed by atoms with Gasteiger partial charge in [0.2, 0.25) is 0 Å². The van der Waals surface area contributed by atoms with Gasteiger partial charge in [0, 0.05) is 37.2 Å². The zero-order chi connectivity index (χ0) is 20.9. The number of imidazole rings is 1. The van der Waals surface area contributed by atoms with Gasteiger partial charge in [0.15, 0.2) is 10.8 Å². The molecule has 0 unspecified atom stereocenters. The number of pyridine rings is 1. The second-order valence-corrected chi connectivity index (χ2v) is 6.79. The Morgan fingerprint density at radius 2 is 2.03 bits per heavy atom. The van der Waals surface area contributed by atoms with Crippen LogP contribution in [0.15, 0.2) is 37.1 Å². The fraction of sp³-hybridized carbons (Fsp3) is 0.222. The summed E-state index contributed by atoms with van der Waals surface area (Å²) < 4.78 is 38.8. The number of aryl methyl sites for hydroxylation is 1. The van der Waals surface area contributed by atoms with Gasteiger partial charge in [-0.15, -0.1) is 0 Å². The highest BCUT2D eigenvalue weighted by Crippen LogP contribution is 2.27. The number of anilines is 1. The summed E-state index contributed by atoms with van der Waals surface area (Å²) in [6.07, 6.45) is 0.762. The van der Waals surface area contributed by atoms with Crippen molar-refractivity contribution in [3.8, 4) is 11.8 Å². The molecule has 0 aliphatic rings. The number of carbonyl (C=O) groups excluding carboxylic acids is 1. The smallest absolute Gasteiger partial charge is 0.336 e. The van der Waals surface area contributed by atoms with Gasteiger partial charge in [-0.2, -0.15) is 13.2 Å². The van der Waals surface area contributed by atoms with E-state index in [2.05, 4.69) is 37.4 Å². The summed E-state index contributed by atoms with van der Waals surface area (Å²) in [6.45, 7) is 2.06. The SMILES string of the molecule is Cc1nc(NC(=O)NCCn2cnc(C(F)(F)F)c2)sc1C#Cc1ccncc1. The molecule has 0 saturated heterocycles. The van der Waals surface area contributed by atoms with Crippen LogP contribution < -0.4 is 10.6 Å². The minimum Gasteiger partial charge on any atom is -0.336 e. The molecule has 0 fully saturated rings. The molecule has 3 aromatic heterocycles. The molecule has 3 heterocycles. The lowest BCUT2D eigenvalue weighted by Gasteiger charge is -2.06. The maximum Gasteiger partial charge on any atom is 0.434 e. The number of nitrogens with one attached hydrogen (secondary N) is 2. The molecule has 7 nitrogen and oxygen atoms in total. The third kappa shape index (κ3) is 5.79. The van der Waals surface area contributed by atoms with Crippen molar-refractivity contribution in [2.75, 3.05) is 11.9 Å². The molecule has 11 heteroatoms. The topological polar surface area (TPSA) is 84.7 Å². The molecule has 0 aliphatic carbocycles. The summed E-state index contributed by atoms with van der Waals surface area (Å²) >= 11 is 1.23. The molecule has 2 amide bonds. The maximum atomic E-state index is 12.5. The molecule has 0 aromatic carbocycles. The third-order valence-corrected chi connectivity index (χ3v) is 4.59. The number of halogens is 3. The molecular formula is C18H15F3N6OS. The van der Waals surface area contributed by atoms with Crippen LogP contribution in [0, 0.1) is 18.8 Å². The monoisotopic (exact) mass is 420 g/mol. The Hall–Kier alpha value is -3.39. The molecule has 3 rings (SSSR count). The summed E-state index contributed by atoms with van der Waals surface area (Å²) in [5.74, 6) is 6.00. The molecule has 0 spiro atoms. The highest BCUT2D eigenvalue weighted by Gasteiger charge is 2.33. The normalized spacial score (nSPS) is 10.9. The number of nitrogens with zero attached hydrogens (tertiary/aromatic N) is 4. The van der Waals surface area contributed by atoms with E-state index >= 15 is 0 Å². The summed E-state index contributed by atoms with van der Waals surface area (Å²) in [5, 5.41) is 5.53. The predicted molar refractivity (Wildman–Crippen MR) is 101 cm³/mol. The zero-order valence-electron chi connectivity index (χ0n) is 15.1. The Morgan fingerprint density at radius 1 is 1.28 bits per heavy atom. The molecule has 2 N–H and O–H groups in total. The van der Waals surface area contributed by atoms with E-state index in [1.54, 1.807) is 31.5 Å². The second-order valence-electron chi connectivity index (χ2n) is 5.79. The lowest BCUT2D eigenvalue weighted by molar-refractivity contribution is -0.140. The highest BCUT2D eigenvalue weighted by atomic mass is 32.1. The van der Waals surface area contributed by atoms with Gasteiger partial charge in [0.25, 0.3) is 0 Å². The van der Waals surface area contributed by atoms with E-state index in [4.69, 9.17) is 0 Å². The largest absolute Gasteiger partial charge is 0.434 e. The van der Waals surface area contributed by atoms with Gasteiger partial charge in [-0.1, -0.05) is 17.3 Å². The van der Waals surface area contributed by atoms with E-state index in [0.29, 0.717) is 10.8 Å². The Morgan fingerprint density at radius 3 is 2.72 bits per heavy atom. The Balaban J connectivity index is 1.51. The number of thiazole rings is 1. The number of rotatable bonds is 4. The van der Waals surface area contributed by atoms with Crippen LogP contribution in [0.5, 0.6) is 0 Å². The van der Waals surface area contributed by atoms with Crippen LogP contribution in [0.2, 0.25) is 0 Å². The molecule has 0 bridgehead atoms. The number of aromatic nitrogens is 4. The fourth-order valence-electron chi connectivity index (χ4n) is 2.20. The van der Waals surface area contributed by atoms with Crippen molar-refractivity contribution in [3.05, 3.63) is 58.9 Å². The van der Waals surface area contributed by atoms with E-state index in [1.807, 2.05) is 0 Å². The molecule has 0 radical (unpaired) electrons. The minimum absolute atomic E-state index is 0.124. The molecule has 0 atom stereocenters. The van der Waals surface area contributed by atoms with Gasteiger partial charge in [-0.05, 0) is 25.0 Å². The molecule has 29 heavy (non-hydrogen) atoms. The average Bonchev–Trinajstić information content (AvgIpc) is 3.27. The maximum absolute atomic E-state index is 12.5. The van der Waals surface area contributed by atoms with Crippen LogP contribution in [-0.4, -0.2) is 32.1 Å². The van der Waals surface area contributed by atoms with E-state index < -0.39 is 17.9 Å². The fourth-order valence-corrected chi connectivity index (χ4v) is 3.01. The first kappa shape index (κ1) is 20.3. The predicted octanol–water partition coefficient (Wildman–Crippen LogP) is 3.28. The number of urea groups is 1. The van der Waals surface area contributed by atoms with Crippen LogP contribution in [-0.2, 0) is 12.7 Å². The number of hydrogen-bond acceptors (Lipinski definition) is 5. The van der Waals surface area contributed by atoms with Crippen LogP contribution >= 0.6 is 11.3 Å². The van der Waals surface area contributed by atoms with E-state index in [0.717, 1.165) is 23.0 Å². The summed E-state index contributed by atoms with van der Waals surface area (Å²) in [7, 11) is 0. The standard InChI is InChI=1S/C18H15F3N6OS/c1-12-14(3-2-13-4-6-22-7-5-13)29-17(25-12)26-16(28)23-8-9-27-10-15(24-11-27)18(19,20)21/h4-7,10-11H,8-9H2,1H3,(H2,23,25,26,28). The number of alkyl halides is 3. The minimum atomic E-state index is -4.49. The average molecular weight is 420 g/mol. The Kier molecular flexibility index (Phi) is 6.13. The lowest BCUT2D eigenvalue weighted by Crippen LogP contribution is -2.31. The Bertz CT molecular complexity index is 1050. The molecular weight excluding hydrogens is 405 g/mol. The van der Waals surface area contributed by atoms with Crippen molar-refractivity contribution >= 4 is 22.5 Å². The Labute approximate surface area is 168 Å². The summed E-state index contributed by atoms with van der Waals surface area (Å²) in [5.41, 5.74) is 0.527. The number of amides is 2. The van der Waals surface area contributed by atoms with Gasteiger partial charge in [-0.25, -0.2) is 14.8 Å². The van der Waals surface area contributed by atoms with Crippen LogP contribution in [0.1, 0.15) is 21.8 Å². The summed E-state index contributed by atoms with van der Waals surface area (Å²) in [6, 6.07) is 3.06. The first-order valence-electron chi connectivity index (χ1n) is 8.34. The number of hydrogen-bond donors (Lipinski definition) is 2. The molecule has 150 valence electrons. The van der Waals surface area contributed by atoms with Gasteiger partial charge >= 0.3 is 12.2 Å². The van der Waals surface area contributed by atoms with Crippen molar-refractivity contribution in [2.24, 2.45) is 0 Å². The second kappa shape index (κ2) is 8.74. The first-order chi connectivity index (χ1) is 13.8. The third-order valence-electron chi connectivity index (χ3n) is 3.60. The van der Waals surface area contributed by atoms with Crippen LogP contribution in [0.3, 0.4) is 0 Å². The molecule has 0 saturated carbocycles. The van der Waals surface area contributed by atoms with E-state index in [-0.39, 0.29) is 13.1 Å². The quantitative estimate of drug-likeness (QED) is 0.635. The van der Waals surface area contributed by atoms with Gasteiger partial charge in [0.05, 0.1) is 12.0 Å². The highest BCUT2D eigenvalue weighted by molar-refractivity contribution is 7.16. The van der Waals surface area contributed by atoms with Crippen LogP contribution in [0.4, 0.5) is 23.1 Å². The van der Waals surface area contributed by atoms with Crippen molar-refractivity contribution in [3.63, 3.8) is 0 Å². The molecule has 0 aliphatic heterocycles. The van der Waals surface area contributed by atoms with Crippen molar-refractivity contribution < 1.29 is 18.0 Å². The molecule has 3 aromatic rings. The van der Waals surface area contributed by atoms with Crippen molar-refractivity contribution in [2.45, 2.75) is 19.6 Å². The number of carbonyl (C=O) groups is 1. The first-order valence-corrected chi connectivity index (χ1v) is 9.16. The van der Waals surface area contributed by atoms with Crippen molar-refractivity contribution in [1.82, 2.24) is 24.8 Å². The van der Waals surface area contributed by atoms with Crippen LogP contribution in [0.25, 0.3) is 0 Å².